The fraction of sp³-hybridized carbons (Fsp3) is 0.364. The van der Waals surface area contributed by atoms with Crippen molar-refractivity contribution in [3.05, 3.63) is 64.7 Å². The number of carbonyl (C=O) groups is 2. The zero-order valence-corrected chi connectivity index (χ0v) is 17.9. The van der Waals surface area contributed by atoms with Crippen molar-refractivity contribution < 1.29 is 27.5 Å². The molecule has 2 aromatic carbocycles. The van der Waals surface area contributed by atoms with Crippen molar-refractivity contribution in [2.24, 2.45) is 5.41 Å². The molecule has 2 amide bonds. The van der Waals surface area contributed by atoms with E-state index in [-0.39, 0.29) is 24.7 Å². The van der Waals surface area contributed by atoms with E-state index in [1.807, 2.05) is 12.1 Å². The summed E-state index contributed by atoms with van der Waals surface area (Å²) in [7, 11) is 0. The van der Waals surface area contributed by atoms with Crippen LogP contribution in [0.4, 0.5) is 23.7 Å². The van der Waals surface area contributed by atoms with Gasteiger partial charge in [-0.1, -0.05) is 29.8 Å². The number of anilines is 1. The van der Waals surface area contributed by atoms with E-state index in [1.54, 1.807) is 12.1 Å². The predicted molar refractivity (Wildman–Crippen MR) is 114 cm³/mol. The Kier molecular flexibility index (Phi) is 7.63. The molecule has 6 nitrogen and oxygen atoms in total. The average molecular weight is 470 g/mol. The summed E-state index contributed by atoms with van der Waals surface area (Å²) >= 11 is 6.14. The maximum atomic E-state index is 13.0. The van der Waals surface area contributed by atoms with Crippen LogP contribution in [-0.4, -0.2) is 31.7 Å². The molecule has 1 saturated heterocycles. The van der Waals surface area contributed by atoms with Crippen LogP contribution in [0.1, 0.15) is 24.0 Å². The van der Waals surface area contributed by atoms with Gasteiger partial charge in [-0.3, -0.25) is 10.1 Å². The van der Waals surface area contributed by atoms with Gasteiger partial charge in [0.15, 0.2) is 0 Å². The fourth-order valence-electron chi connectivity index (χ4n) is 3.45. The van der Waals surface area contributed by atoms with Crippen LogP contribution in [0.15, 0.2) is 48.5 Å². The monoisotopic (exact) mass is 469 g/mol. The summed E-state index contributed by atoms with van der Waals surface area (Å²) < 4.78 is 43.3. The van der Waals surface area contributed by atoms with Crippen LogP contribution < -0.4 is 16.0 Å². The van der Waals surface area contributed by atoms with Gasteiger partial charge in [0.1, 0.15) is 6.61 Å². The highest BCUT2D eigenvalue weighted by molar-refractivity contribution is 6.31. The lowest BCUT2D eigenvalue weighted by atomic mass is 9.78. The Bertz CT molecular complexity index is 945. The van der Waals surface area contributed by atoms with Crippen LogP contribution in [0.25, 0.3) is 0 Å². The van der Waals surface area contributed by atoms with E-state index in [0.717, 1.165) is 29.8 Å². The minimum Gasteiger partial charge on any atom is -0.448 e. The molecule has 0 unspecified atom stereocenters. The van der Waals surface area contributed by atoms with Crippen molar-refractivity contribution in [3.63, 3.8) is 0 Å². The molecule has 1 fully saturated rings. The summed E-state index contributed by atoms with van der Waals surface area (Å²) in [6.07, 6.45) is -4.37. The van der Waals surface area contributed by atoms with Crippen LogP contribution in [0.5, 0.6) is 0 Å². The summed E-state index contributed by atoms with van der Waals surface area (Å²) in [5.41, 5.74) is -0.803. The van der Waals surface area contributed by atoms with Gasteiger partial charge in [0.25, 0.3) is 0 Å². The van der Waals surface area contributed by atoms with Crippen molar-refractivity contribution in [2.75, 3.05) is 25.0 Å². The van der Waals surface area contributed by atoms with E-state index in [2.05, 4.69) is 16.0 Å². The highest BCUT2D eigenvalue weighted by atomic mass is 35.5. The van der Waals surface area contributed by atoms with Gasteiger partial charge in [-0.05, 0) is 61.8 Å². The zero-order valence-electron chi connectivity index (χ0n) is 17.1. The maximum absolute atomic E-state index is 13.0. The lowest BCUT2D eigenvalue weighted by Crippen LogP contribution is -2.50. The molecule has 2 aromatic rings. The highest BCUT2D eigenvalue weighted by Crippen LogP contribution is 2.31. The van der Waals surface area contributed by atoms with Gasteiger partial charge in [0.05, 0.1) is 11.0 Å². The van der Waals surface area contributed by atoms with Crippen LogP contribution in [-0.2, 0) is 22.3 Å². The van der Waals surface area contributed by atoms with Gasteiger partial charge in [0.2, 0.25) is 5.91 Å². The Morgan fingerprint density at radius 1 is 1.06 bits per heavy atom. The van der Waals surface area contributed by atoms with E-state index in [0.29, 0.717) is 31.0 Å². The Labute approximate surface area is 188 Å². The van der Waals surface area contributed by atoms with Crippen LogP contribution in [0, 0.1) is 5.41 Å². The molecule has 0 aliphatic carbocycles. The van der Waals surface area contributed by atoms with Gasteiger partial charge in [0, 0.05) is 17.3 Å². The number of piperidine rings is 1. The number of carbonyl (C=O) groups excluding carboxylic acids is 2. The van der Waals surface area contributed by atoms with Gasteiger partial charge in [-0.25, -0.2) is 4.79 Å². The van der Waals surface area contributed by atoms with Gasteiger partial charge < -0.3 is 15.4 Å². The van der Waals surface area contributed by atoms with Crippen LogP contribution >= 0.6 is 11.6 Å². The average Bonchev–Trinajstić information content (AvgIpc) is 2.77. The first-order chi connectivity index (χ1) is 15.2. The molecule has 0 spiro atoms. The highest BCUT2D eigenvalue weighted by Gasteiger charge is 2.41. The van der Waals surface area contributed by atoms with Crippen molar-refractivity contribution >= 4 is 29.3 Å². The van der Waals surface area contributed by atoms with Gasteiger partial charge >= 0.3 is 12.3 Å². The molecule has 1 heterocycles. The Hall–Kier alpha value is -2.78. The number of nitrogens with one attached hydrogen (secondary N) is 3. The second kappa shape index (κ2) is 10.2. The smallest absolute Gasteiger partial charge is 0.416 e. The van der Waals surface area contributed by atoms with E-state index >= 15 is 0 Å². The molecule has 172 valence electrons. The Morgan fingerprint density at radius 2 is 1.72 bits per heavy atom. The summed E-state index contributed by atoms with van der Waals surface area (Å²) in [4.78, 5) is 25.2. The van der Waals surface area contributed by atoms with E-state index in [4.69, 9.17) is 16.3 Å². The number of ether oxygens (including phenoxy) is 1. The SMILES string of the molecule is O=C(Nc1ccc(C(F)(F)F)cc1)OCC1(C(=O)NCc2ccccc2Cl)CCNCC1. The molecule has 0 atom stereocenters. The molecule has 3 rings (SSSR count). The zero-order chi connectivity index (χ0) is 23.2. The standard InChI is InChI=1S/C22H23ClF3N3O3/c23-18-4-2-1-3-15(18)13-28-19(30)21(9-11-27-12-10-21)14-32-20(31)29-17-7-5-16(6-8-17)22(24,25)26/h1-8,27H,9-14H2,(H,28,30)(H,29,31). The quantitative estimate of drug-likeness (QED) is 0.578. The van der Waals surface area contributed by atoms with Gasteiger partial charge in [-0.2, -0.15) is 13.2 Å². The summed E-state index contributed by atoms with van der Waals surface area (Å²) in [6.45, 7) is 1.26. The van der Waals surface area contributed by atoms with Gasteiger partial charge in [-0.15, -0.1) is 0 Å². The normalized spacial score (nSPS) is 15.6. The number of amides is 2. The molecular formula is C22H23ClF3N3O3. The molecular weight excluding hydrogens is 447 g/mol. The van der Waals surface area contributed by atoms with Crippen molar-refractivity contribution in [3.8, 4) is 0 Å². The lowest BCUT2D eigenvalue weighted by Gasteiger charge is -2.35. The first kappa shape index (κ1) is 23.9. The largest absolute Gasteiger partial charge is 0.448 e. The van der Waals surface area contributed by atoms with Crippen molar-refractivity contribution in [1.82, 2.24) is 10.6 Å². The minimum absolute atomic E-state index is 0.157. The summed E-state index contributed by atoms with van der Waals surface area (Å²) in [5, 5.41) is 8.98. The molecule has 0 radical (unpaired) electrons. The molecule has 3 N–H and O–H groups in total. The van der Waals surface area contributed by atoms with E-state index < -0.39 is 23.2 Å². The predicted octanol–water partition coefficient (Wildman–Crippen LogP) is 4.59. The molecule has 0 aromatic heterocycles. The number of hydrogen-bond acceptors (Lipinski definition) is 4. The number of alkyl halides is 3. The lowest BCUT2D eigenvalue weighted by molar-refractivity contribution is -0.137. The van der Waals surface area contributed by atoms with Crippen molar-refractivity contribution in [2.45, 2.75) is 25.6 Å². The fourth-order valence-corrected chi connectivity index (χ4v) is 3.65. The Balaban J connectivity index is 1.59. The minimum atomic E-state index is -4.46. The third-order valence-corrected chi connectivity index (χ3v) is 5.75. The number of benzene rings is 2. The molecule has 10 heteroatoms. The second-order valence-corrected chi connectivity index (χ2v) is 7.99. The molecule has 1 aliphatic heterocycles. The third kappa shape index (κ3) is 6.14. The number of hydrogen-bond donors (Lipinski definition) is 3. The Morgan fingerprint density at radius 3 is 2.34 bits per heavy atom. The first-order valence-electron chi connectivity index (χ1n) is 10.0. The second-order valence-electron chi connectivity index (χ2n) is 7.58. The van der Waals surface area contributed by atoms with E-state index in [9.17, 15) is 22.8 Å². The molecule has 0 bridgehead atoms. The number of rotatable bonds is 6. The maximum Gasteiger partial charge on any atom is 0.416 e. The first-order valence-corrected chi connectivity index (χ1v) is 10.4. The molecule has 0 saturated carbocycles. The summed E-state index contributed by atoms with van der Waals surface area (Å²) in [5.74, 6) is -0.249. The van der Waals surface area contributed by atoms with Crippen molar-refractivity contribution in [1.29, 1.82) is 0 Å². The number of halogens is 4. The van der Waals surface area contributed by atoms with Crippen LogP contribution in [0.2, 0.25) is 5.02 Å². The molecule has 1 aliphatic rings. The molecule has 32 heavy (non-hydrogen) atoms. The third-order valence-electron chi connectivity index (χ3n) is 5.38. The van der Waals surface area contributed by atoms with E-state index in [1.165, 1.54) is 0 Å². The topological polar surface area (TPSA) is 79.5 Å². The van der Waals surface area contributed by atoms with Crippen LogP contribution in [0.3, 0.4) is 0 Å². The summed E-state index contributed by atoms with van der Waals surface area (Å²) in [6, 6.07) is 11.2.